The maximum atomic E-state index is 12.8. The van der Waals surface area contributed by atoms with Crippen LogP contribution in [0.1, 0.15) is 41.0 Å². The number of aliphatic hydroxyl groups excluding tert-OH is 1. The molecule has 0 aromatic heterocycles. The summed E-state index contributed by atoms with van der Waals surface area (Å²) in [5, 5.41) is 21.1. The monoisotopic (exact) mass is 441 g/mol. The molecule has 0 aromatic carbocycles. The second-order valence-corrected chi connectivity index (χ2v) is 9.01. The van der Waals surface area contributed by atoms with Gasteiger partial charge in [0.2, 0.25) is 17.7 Å². The third kappa shape index (κ3) is 8.54. The molecule has 1 saturated heterocycles. The number of hydrogen-bond donors (Lipinski definition) is 6. The van der Waals surface area contributed by atoms with E-state index < -0.39 is 35.9 Å². The van der Waals surface area contributed by atoms with Gasteiger partial charge in [0.05, 0.1) is 24.0 Å². The molecule has 5 atom stereocenters. The molecule has 178 valence electrons. The number of carbonyl (C=O) groups is 4. The van der Waals surface area contributed by atoms with E-state index in [1.165, 1.54) is 6.92 Å². The number of hydrogen-bond acceptors (Lipinski definition) is 7. The highest BCUT2D eigenvalue weighted by Gasteiger charge is 2.35. The van der Waals surface area contributed by atoms with Crippen LogP contribution in [0.5, 0.6) is 0 Å². The smallest absolute Gasteiger partial charge is 0.245 e. The summed E-state index contributed by atoms with van der Waals surface area (Å²) in [5.41, 5.74) is 5.61. The first-order valence-corrected chi connectivity index (χ1v) is 11.0. The molecule has 1 heterocycles. The summed E-state index contributed by atoms with van der Waals surface area (Å²) in [7, 11) is 0. The van der Waals surface area contributed by atoms with Gasteiger partial charge < -0.3 is 32.1 Å². The zero-order valence-electron chi connectivity index (χ0n) is 19.2. The van der Waals surface area contributed by atoms with E-state index >= 15 is 0 Å². The van der Waals surface area contributed by atoms with E-state index in [0.717, 1.165) is 0 Å². The fourth-order valence-electron chi connectivity index (χ4n) is 3.38. The number of aliphatic hydroxyl groups is 1. The van der Waals surface area contributed by atoms with Gasteiger partial charge in [0.15, 0.2) is 5.78 Å². The van der Waals surface area contributed by atoms with Crippen LogP contribution in [-0.2, 0) is 19.2 Å². The predicted octanol–water partition coefficient (Wildman–Crippen LogP) is -1.48. The summed E-state index contributed by atoms with van der Waals surface area (Å²) in [4.78, 5) is 50.0. The Labute approximate surface area is 184 Å². The lowest BCUT2D eigenvalue weighted by atomic mass is 9.88. The number of ketones is 1. The van der Waals surface area contributed by atoms with E-state index in [1.807, 2.05) is 13.8 Å². The first kappa shape index (κ1) is 27.0. The molecular formula is C21H39N5O5. The number of carbonyl (C=O) groups excluding carboxylic acids is 4. The SMILES string of the molecule is CC(C)CNC(=O)[C@H]1CNC[C@@H](C(=O)N[C@H](C(=O)N[C@@H](CN)C(=O)C(C)C)[C@H](C)O)C1. The highest BCUT2D eigenvalue weighted by molar-refractivity contribution is 5.94. The summed E-state index contributed by atoms with van der Waals surface area (Å²) in [6.45, 7) is 10.1. The number of piperidine rings is 1. The zero-order valence-corrected chi connectivity index (χ0v) is 19.2. The lowest BCUT2D eigenvalue weighted by Gasteiger charge is -2.31. The van der Waals surface area contributed by atoms with Gasteiger partial charge in [-0.05, 0) is 19.3 Å². The van der Waals surface area contributed by atoms with Crippen LogP contribution in [0.2, 0.25) is 0 Å². The van der Waals surface area contributed by atoms with Crippen molar-refractivity contribution in [1.29, 1.82) is 0 Å². The Bertz CT molecular complexity index is 638. The van der Waals surface area contributed by atoms with Crippen molar-refractivity contribution in [1.82, 2.24) is 21.3 Å². The summed E-state index contributed by atoms with van der Waals surface area (Å²) in [5.74, 6) is -2.32. The van der Waals surface area contributed by atoms with Gasteiger partial charge in [-0.1, -0.05) is 27.7 Å². The molecule has 0 spiro atoms. The molecule has 1 fully saturated rings. The quantitative estimate of drug-likeness (QED) is 0.228. The lowest BCUT2D eigenvalue weighted by molar-refractivity contribution is -0.136. The fraction of sp³-hybridized carbons (Fsp3) is 0.810. The van der Waals surface area contributed by atoms with Crippen molar-refractivity contribution < 1.29 is 24.3 Å². The van der Waals surface area contributed by atoms with Gasteiger partial charge in [-0.15, -0.1) is 0 Å². The van der Waals surface area contributed by atoms with Crippen LogP contribution in [0.25, 0.3) is 0 Å². The Morgan fingerprint density at radius 3 is 2.06 bits per heavy atom. The van der Waals surface area contributed by atoms with Crippen molar-refractivity contribution in [3.8, 4) is 0 Å². The number of nitrogens with two attached hydrogens (primary N) is 1. The topological polar surface area (TPSA) is 163 Å². The third-order valence-corrected chi connectivity index (χ3v) is 5.30. The van der Waals surface area contributed by atoms with Crippen molar-refractivity contribution in [3.05, 3.63) is 0 Å². The predicted molar refractivity (Wildman–Crippen MR) is 117 cm³/mol. The molecule has 0 aromatic rings. The molecule has 3 amide bonds. The molecule has 0 unspecified atom stereocenters. The molecule has 31 heavy (non-hydrogen) atoms. The molecule has 7 N–H and O–H groups in total. The van der Waals surface area contributed by atoms with Crippen molar-refractivity contribution in [2.75, 3.05) is 26.2 Å². The van der Waals surface area contributed by atoms with Crippen LogP contribution in [0, 0.1) is 23.7 Å². The van der Waals surface area contributed by atoms with Crippen molar-refractivity contribution >= 4 is 23.5 Å². The van der Waals surface area contributed by atoms with Crippen molar-refractivity contribution in [2.45, 2.75) is 59.2 Å². The van der Waals surface area contributed by atoms with Gasteiger partial charge in [-0.25, -0.2) is 0 Å². The van der Waals surface area contributed by atoms with Gasteiger partial charge in [-0.2, -0.15) is 0 Å². The number of rotatable bonds is 11. The van der Waals surface area contributed by atoms with E-state index in [2.05, 4.69) is 21.3 Å². The number of nitrogens with one attached hydrogen (secondary N) is 4. The molecule has 10 heteroatoms. The fourth-order valence-corrected chi connectivity index (χ4v) is 3.38. The molecule has 1 rings (SSSR count). The Morgan fingerprint density at radius 1 is 1.00 bits per heavy atom. The van der Waals surface area contributed by atoms with Crippen LogP contribution < -0.4 is 27.0 Å². The minimum absolute atomic E-state index is 0.0804. The van der Waals surface area contributed by atoms with E-state index in [9.17, 15) is 24.3 Å². The summed E-state index contributed by atoms with van der Waals surface area (Å²) < 4.78 is 0. The standard InChI is InChI=1S/C21H39N5O5/c1-11(2)8-24-19(29)14-6-15(10-23-9-14)20(30)26-17(13(5)27)21(31)25-16(7-22)18(28)12(3)4/h11-17,23,27H,6-10,22H2,1-5H3,(H,24,29)(H,25,31)(H,26,30)/t13-,14+,15-,16-,17-/m0/s1. The summed E-state index contributed by atoms with van der Waals surface area (Å²) in [6.07, 6.45) is -0.841. The average Bonchev–Trinajstić information content (AvgIpc) is 2.72. The minimum atomic E-state index is -1.24. The lowest BCUT2D eigenvalue weighted by Crippen LogP contribution is -2.59. The van der Waals surface area contributed by atoms with Crippen LogP contribution in [0.3, 0.4) is 0 Å². The number of amides is 3. The highest BCUT2D eigenvalue weighted by Crippen LogP contribution is 2.17. The second-order valence-electron chi connectivity index (χ2n) is 9.01. The molecular weight excluding hydrogens is 402 g/mol. The summed E-state index contributed by atoms with van der Waals surface area (Å²) in [6, 6.07) is -2.13. The molecule has 10 nitrogen and oxygen atoms in total. The highest BCUT2D eigenvalue weighted by atomic mass is 16.3. The largest absolute Gasteiger partial charge is 0.391 e. The van der Waals surface area contributed by atoms with Crippen molar-refractivity contribution in [3.63, 3.8) is 0 Å². The van der Waals surface area contributed by atoms with E-state index in [0.29, 0.717) is 32.0 Å². The normalized spacial score (nSPS) is 21.8. The molecule has 0 radical (unpaired) electrons. The third-order valence-electron chi connectivity index (χ3n) is 5.30. The van der Waals surface area contributed by atoms with Gasteiger partial charge in [0.1, 0.15) is 6.04 Å². The zero-order chi connectivity index (χ0) is 23.7. The number of Topliss-reactive ketones (excluding diaryl/α,β-unsaturated/α-hetero) is 1. The van der Waals surface area contributed by atoms with Gasteiger partial charge in [0, 0.05) is 32.1 Å². The van der Waals surface area contributed by atoms with E-state index in [1.54, 1.807) is 13.8 Å². The molecule has 0 bridgehead atoms. The Morgan fingerprint density at radius 2 is 1.58 bits per heavy atom. The van der Waals surface area contributed by atoms with E-state index in [-0.39, 0.29) is 30.1 Å². The second kappa shape index (κ2) is 12.7. The van der Waals surface area contributed by atoms with Crippen LogP contribution in [0.15, 0.2) is 0 Å². The first-order valence-electron chi connectivity index (χ1n) is 11.0. The maximum absolute atomic E-state index is 12.8. The maximum Gasteiger partial charge on any atom is 0.245 e. The summed E-state index contributed by atoms with van der Waals surface area (Å²) >= 11 is 0. The van der Waals surface area contributed by atoms with Crippen LogP contribution in [-0.4, -0.2) is 73.0 Å². The molecule has 0 aliphatic carbocycles. The Hall–Kier alpha value is -2.04. The van der Waals surface area contributed by atoms with Crippen LogP contribution >= 0.6 is 0 Å². The molecule has 1 aliphatic heterocycles. The first-order chi connectivity index (χ1) is 14.5. The Kier molecular flexibility index (Phi) is 11.1. The van der Waals surface area contributed by atoms with Crippen molar-refractivity contribution in [2.24, 2.45) is 29.4 Å². The van der Waals surface area contributed by atoms with Gasteiger partial charge in [-0.3, -0.25) is 19.2 Å². The minimum Gasteiger partial charge on any atom is -0.391 e. The Balaban J connectivity index is 2.75. The molecule has 1 aliphatic rings. The van der Waals surface area contributed by atoms with Crippen LogP contribution in [0.4, 0.5) is 0 Å². The van der Waals surface area contributed by atoms with E-state index in [4.69, 9.17) is 5.73 Å². The van der Waals surface area contributed by atoms with Gasteiger partial charge >= 0.3 is 0 Å². The molecule has 0 saturated carbocycles. The average molecular weight is 442 g/mol. The van der Waals surface area contributed by atoms with Gasteiger partial charge in [0.25, 0.3) is 0 Å².